The van der Waals surface area contributed by atoms with Gasteiger partial charge in [0, 0.05) is 10.9 Å². The number of aromatic nitrogens is 2. The summed E-state index contributed by atoms with van der Waals surface area (Å²) in [5.74, 6) is 0.625. The zero-order valence-corrected chi connectivity index (χ0v) is 10.0. The molecule has 0 amide bonds. The van der Waals surface area contributed by atoms with Gasteiger partial charge in [-0.25, -0.2) is 9.97 Å². The van der Waals surface area contributed by atoms with E-state index in [4.69, 9.17) is 4.74 Å². The van der Waals surface area contributed by atoms with Crippen LogP contribution < -0.4 is 10.1 Å². The molecular formula is C11H13N3OS. The number of methoxy groups -OCH3 is 1. The van der Waals surface area contributed by atoms with Gasteiger partial charge in [-0.2, -0.15) is 0 Å². The maximum Gasteiger partial charge on any atom is 0.213 e. The lowest BCUT2D eigenvalue weighted by atomic mass is 10.3. The van der Waals surface area contributed by atoms with Crippen molar-refractivity contribution in [2.45, 2.75) is 13.5 Å². The van der Waals surface area contributed by atoms with E-state index in [1.165, 1.54) is 4.88 Å². The number of nitrogens with zero attached hydrogens (tertiary/aromatic N) is 2. The van der Waals surface area contributed by atoms with Crippen molar-refractivity contribution in [3.8, 4) is 5.88 Å². The first kappa shape index (κ1) is 10.9. The standard InChI is InChI=1S/C11H13N3OS/c1-8-10(16-7-14-8)6-12-9-3-4-11(15-2)13-5-9/h3-5,7,12H,6H2,1-2H3. The van der Waals surface area contributed by atoms with Crippen LogP contribution in [0.2, 0.25) is 0 Å². The zero-order valence-electron chi connectivity index (χ0n) is 9.23. The maximum atomic E-state index is 4.99. The number of hydrogen-bond acceptors (Lipinski definition) is 5. The topological polar surface area (TPSA) is 47.0 Å². The van der Waals surface area contributed by atoms with E-state index >= 15 is 0 Å². The largest absolute Gasteiger partial charge is 0.481 e. The molecule has 0 aliphatic rings. The molecule has 0 saturated carbocycles. The molecule has 0 unspecified atom stereocenters. The van der Waals surface area contributed by atoms with Crippen molar-refractivity contribution < 1.29 is 4.74 Å². The van der Waals surface area contributed by atoms with Crippen molar-refractivity contribution >= 4 is 17.0 Å². The highest BCUT2D eigenvalue weighted by Gasteiger charge is 2.01. The predicted molar refractivity (Wildman–Crippen MR) is 65.0 cm³/mol. The van der Waals surface area contributed by atoms with Gasteiger partial charge in [-0.1, -0.05) is 0 Å². The van der Waals surface area contributed by atoms with Gasteiger partial charge in [0.25, 0.3) is 0 Å². The normalized spacial score (nSPS) is 10.1. The lowest BCUT2D eigenvalue weighted by Crippen LogP contribution is -1.99. The quantitative estimate of drug-likeness (QED) is 0.884. The molecule has 4 nitrogen and oxygen atoms in total. The van der Waals surface area contributed by atoms with E-state index in [9.17, 15) is 0 Å². The average molecular weight is 235 g/mol. The fourth-order valence-corrected chi connectivity index (χ4v) is 2.00. The Labute approximate surface area is 98.3 Å². The SMILES string of the molecule is COc1ccc(NCc2scnc2C)cn1. The van der Waals surface area contributed by atoms with Crippen LogP contribution in [0.5, 0.6) is 5.88 Å². The van der Waals surface area contributed by atoms with Crippen LogP contribution in [0.1, 0.15) is 10.6 Å². The summed E-state index contributed by atoms with van der Waals surface area (Å²) in [6, 6.07) is 3.78. The van der Waals surface area contributed by atoms with Crippen molar-refractivity contribution in [1.82, 2.24) is 9.97 Å². The number of pyridine rings is 1. The fraction of sp³-hybridized carbons (Fsp3) is 0.273. The first-order valence-electron chi connectivity index (χ1n) is 4.92. The summed E-state index contributed by atoms with van der Waals surface area (Å²) < 4.78 is 4.99. The van der Waals surface area contributed by atoms with E-state index < -0.39 is 0 Å². The van der Waals surface area contributed by atoms with Crippen LogP contribution in [-0.4, -0.2) is 17.1 Å². The Morgan fingerprint density at radius 2 is 2.25 bits per heavy atom. The van der Waals surface area contributed by atoms with E-state index in [2.05, 4.69) is 15.3 Å². The van der Waals surface area contributed by atoms with Gasteiger partial charge in [0.1, 0.15) is 0 Å². The number of hydrogen-bond donors (Lipinski definition) is 1. The monoisotopic (exact) mass is 235 g/mol. The third-order valence-electron chi connectivity index (χ3n) is 2.24. The molecule has 2 heterocycles. The van der Waals surface area contributed by atoms with Gasteiger partial charge in [-0.05, 0) is 13.0 Å². The number of aryl methyl sites for hydroxylation is 1. The van der Waals surface area contributed by atoms with Gasteiger partial charge in [0.05, 0.1) is 36.7 Å². The van der Waals surface area contributed by atoms with Gasteiger partial charge in [0.15, 0.2) is 0 Å². The fourth-order valence-electron chi connectivity index (χ4n) is 1.28. The highest BCUT2D eigenvalue weighted by molar-refractivity contribution is 7.09. The third-order valence-corrected chi connectivity index (χ3v) is 3.18. The van der Waals surface area contributed by atoms with E-state index in [1.807, 2.05) is 24.6 Å². The summed E-state index contributed by atoms with van der Waals surface area (Å²) in [6.45, 7) is 2.80. The van der Waals surface area contributed by atoms with Crippen molar-refractivity contribution in [2.75, 3.05) is 12.4 Å². The Hall–Kier alpha value is -1.62. The van der Waals surface area contributed by atoms with Crippen LogP contribution in [0.25, 0.3) is 0 Å². The van der Waals surface area contributed by atoms with E-state index in [0.717, 1.165) is 17.9 Å². The maximum absolute atomic E-state index is 4.99. The van der Waals surface area contributed by atoms with E-state index in [-0.39, 0.29) is 0 Å². The van der Waals surface area contributed by atoms with Gasteiger partial charge in [0.2, 0.25) is 5.88 Å². The molecule has 2 aromatic rings. The summed E-state index contributed by atoms with van der Waals surface area (Å²) in [6.07, 6.45) is 1.76. The predicted octanol–water partition coefficient (Wildman–Crippen LogP) is 2.47. The second-order valence-electron chi connectivity index (χ2n) is 3.30. The van der Waals surface area contributed by atoms with Gasteiger partial charge in [-0.3, -0.25) is 0 Å². The molecule has 2 rings (SSSR count). The van der Waals surface area contributed by atoms with Crippen LogP contribution in [-0.2, 0) is 6.54 Å². The highest BCUT2D eigenvalue weighted by atomic mass is 32.1. The minimum absolute atomic E-state index is 0.625. The second-order valence-corrected chi connectivity index (χ2v) is 4.24. The molecule has 0 radical (unpaired) electrons. The van der Waals surface area contributed by atoms with Gasteiger partial charge < -0.3 is 10.1 Å². The summed E-state index contributed by atoms with van der Waals surface area (Å²) in [4.78, 5) is 9.57. The molecule has 0 atom stereocenters. The summed E-state index contributed by atoms with van der Waals surface area (Å²) in [5.41, 5.74) is 3.92. The molecule has 1 N–H and O–H groups in total. The van der Waals surface area contributed by atoms with Crippen LogP contribution in [0.15, 0.2) is 23.8 Å². The molecule has 0 bridgehead atoms. The molecule has 0 saturated heterocycles. The molecule has 0 aliphatic heterocycles. The Bertz CT molecular complexity index is 453. The van der Waals surface area contributed by atoms with Crippen LogP contribution in [0, 0.1) is 6.92 Å². The minimum Gasteiger partial charge on any atom is -0.481 e. The zero-order chi connectivity index (χ0) is 11.4. The summed E-state index contributed by atoms with van der Waals surface area (Å²) in [7, 11) is 1.61. The van der Waals surface area contributed by atoms with E-state index in [0.29, 0.717) is 5.88 Å². The summed E-state index contributed by atoms with van der Waals surface area (Å²) >= 11 is 1.66. The first-order valence-corrected chi connectivity index (χ1v) is 5.80. The number of nitrogens with one attached hydrogen (secondary N) is 1. The van der Waals surface area contributed by atoms with Crippen LogP contribution in [0.4, 0.5) is 5.69 Å². The van der Waals surface area contributed by atoms with Crippen LogP contribution in [0.3, 0.4) is 0 Å². The Morgan fingerprint density at radius 1 is 1.38 bits per heavy atom. The summed E-state index contributed by atoms with van der Waals surface area (Å²) in [5, 5.41) is 3.29. The van der Waals surface area contributed by atoms with Crippen molar-refractivity contribution in [3.05, 3.63) is 34.4 Å². The lowest BCUT2D eigenvalue weighted by molar-refractivity contribution is 0.398. The Kier molecular flexibility index (Phi) is 3.36. The van der Waals surface area contributed by atoms with Crippen LogP contribution >= 0.6 is 11.3 Å². The van der Waals surface area contributed by atoms with Crippen molar-refractivity contribution in [3.63, 3.8) is 0 Å². The Balaban J connectivity index is 1.97. The molecular weight excluding hydrogens is 222 g/mol. The molecule has 2 aromatic heterocycles. The second kappa shape index (κ2) is 4.94. The van der Waals surface area contributed by atoms with Crippen molar-refractivity contribution in [1.29, 1.82) is 0 Å². The van der Waals surface area contributed by atoms with Crippen molar-refractivity contribution in [2.24, 2.45) is 0 Å². The first-order chi connectivity index (χ1) is 7.79. The smallest absolute Gasteiger partial charge is 0.213 e. The van der Waals surface area contributed by atoms with E-state index in [1.54, 1.807) is 24.6 Å². The molecule has 0 spiro atoms. The highest BCUT2D eigenvalue weighted by Crippen LogP contribution is 2.16. The third kappa shape index (κ3) is 2.49. The molecule has 16 heavy (non-hydrogen) atoms. The van der Waals surface area contributed by atoms with Gasteiger partial charge >= 0.3 is 0 Å². The lowest BCUT2D eigenvalue weighted by Gasteiger charge is -2.05. The van der Waals surface area contributed by atoms with Gasteiger partial charge in [-0.15, -0.1) is 11.3 Å². The number of rotatable bonds is 4. The number of anilines is 1. The molecule has 5 heteroatoms. The number of thiazole rings is 1. The molecule has 0 fully saturated rings. The molecule has 0 aromatic carbocycles. The average Bonchev–Trinajstić information content (AvgIpc) is 2.73. The Morgan fingerprint density at radius 3 is 2.81 bits per heavy atom. The molecule has 0 aliphatic carbocycles. The molecule has 84 valence electrons. The minimum atomic E-state index is 0.625. The number of ether oxygens (including phenoxy) is 1.